The lowest BCUT2D eigenvalue weighted by atomic mass is 10.4. The minimum Gasteiger partial charge on any atom is -0.327 e. The number of hydrazone groups is 1. The SMILES string of the molecule is CCCN1C=NN(CC)C1Cl. The Morgan fingerprint density at radius 2 is 2.27 bits per heavy atom. The van der Waals surface area contributed by atoms with E-state index in [9.17, 15) is 0 Å². The van der Waals surface area contributed by atoms with Crippen LogP contribution in [0.1, 0.15) is 20.3 Å². The van der Waals surface area contributed by atoms with Crippen LogP contribution in [0.3, 0.4) is 0 Å². The van der Waals surface area contributed by atoms with Crippen LogP contribution in [0.4, 0.5) is 0 Å². The Bertz CT molecular complexity index is 149. The number of hydrogen-bond acceptors (Lipinski definition) is 3. The van der Waals surface area contributed by atoms with Gasteiger partial charge in [-0.05, 0) is 13.3 Å². The summed E-state index contributed by atoms with van der Waals surface area (Å²) in [4.78, 5) is 2.03. The molecule has 0 saturated heterocycles. The summed E-state index contributed by atoms with van der Waals surface area (Å²) in [6.45, 7) is 6.02. The number of hydrogen-bond donors (Lipinski definition) is 0. The first-order chi connectivity index (χ1) is 5.29. The Labute approximate surface area is 72.6 Å². The summed E-state index contributed by atoms with van der Waals surface area (Å²) in [6, 6.07) is 0. The van der Waals surface area contributed by atoms with Crippen LogP contribution >= 0.6 is 11.6 Å². The van der Waals surface area contributed by atoms with Crippen LogP contribution < -0.4 is 0 Å². The molecule has 0 N–H and O–H groups in total. The summed E-state index contributed by atoms with van der Waals surface area (Å²) in [7, 11) is 0. The van der Waals surface area contributed by atoms with Gasteiger partial charge in [-0.3, -0.25) is 5.01 Å². The zero-order valence-electron chi connectivity index (χ0n) is 7.00. The van der Waals surface area contributed by atoms with Crippen LogP contribution in [0.15, 0.2) is 5.10 Å². The second-order valence-electron chi connectivity index (χ2n) is 2.54. The molecule has 0 radical (unpaired) electrons. The van der Waals surface area contributed by atoms with E-state index >= 15 is 0 Å². The smallest absolute Gasteiger partial charge is 0.195 e. The molecule has 0 amide bonds. The summed E-state index contributed by atoms with van der Waals surface area (Å²) < 4.78 is 0. The molecule has 11 heavy (non-hydrogen) atoms. The molecule has 1 aliphatic rings. The standard InChI is InChI=1S/C7H14ClN3/c1-3-5-10-6-9-11(4-2)7(10)8/h6-7H,3-5H2,1-2H3. The molecule has 4 heteroatoms. The summed E-state index contributed by atoms with van der Waals surface area (Å²) in [5.41, 5.74) is -0.0695. The first-order valence-corrected chi connectivity index (χ1v) is 4.43. The lowest BCUT2D eigenvalue weighted by Gasteiger charge is -2.23. The van der Waals surface area contributed by atoms with Crippen molar-refractivity contribution in [3.8, 4) is 0 Å². The average Bonchev–Trinajstić information content (AvgIpc) is 2.34. The molecule has 1 unspecified atom stereocenters. The maximum absolute atomic E-state index is 6.05. The van der Waals surface area contributed by atoms with Gasteiger partial charge in [-0.2, -0.15) is 5.10 Å². The molecule has 1 atom stereocenters. The zero-order chi connectivity index (χ0) is 8.27. The number of rotatable bonds is 3. The van der Waals surface area contributed by atoms with Crippen LogP contribution in [0.5, 0.6) is 0 Å². The van der Waals surface area contributed by atoms with Gasteiger partial charge in [0, 0.05) is 13.1 Å². The maximum atomic E-state index is 6.05. The minimum atomic E-state index is -0.0695. The minimum absolute atomic E-state index is 0.0695. The van der Waals surface area contributed by atoms with Gasteiger partial charge in [0.25, 0.3) is 0 Å². The topological polar surface area (TPSA) is 18.8 Å². The fourth-order valence-corrected chi connectivity index (χ4v) is 1.41. The van der Waals surface area contributed by atoms with Crippen LogP contribution in [-0.4, -0.2) is 35.0 Å². The number of alkyl halides is 1. The van der Waals surface area contributed by atoms with Crippen molar-refractivity contribution in [2.24, 2.45) is 5.10 Å². The highest BCUT2D eigenvalue weighted by Gasteiger charge is 2.22. The second kappa shape index (κ2) is 3.81. The monoisotopic (exact) mass is 175 g/mol. The van der Waals surface area contributed by atoms with Gasteiger partial charge in [-0.15, -0.1) is 0 Å². The molecule has 1 aliphatic heterocycles. The van der Waals surface area contributed by atoms with Gasteiger partial charge < -0.3 is 4.90 Å². The highest BCUT2D eigenvalue weighted by atomic mass is 35.5. The summed E-state index contributed by atoms with van der Waals surface area (Å²) in [5, 5.41) is 6.00. The van der Waals surface area contributed by atoms with Gasteiger partial charge >= 0.3 is 0 Å². The molecule has 0 aromatic carbocycles. The van der Waals surface area contributed by atoms with Gasteiger partial charge in [0.15, 0.2) is 5.62 Å². The third-order valence-electron chi connectivity index (χ3n) is 1.67. The van der Waals surface area contributed by atoms with Crippen molar-refractivity contribution in [3.05, 3.63) is 0 Å². The third-order valence-corrected chi connectivity index (χ3v) is 2.15. The van der Waals surface area contributed by atoms with Crippen molar-refractivity contribution < 1.29 is 0 Å². The highest BCUT2D eigenvalue weighted by molar-refractivity contribution is 6.20. The predicted molar refractivity (Wildman–Crippen MR) is 47.5 cm³/mol. The first-order valence-electron chi connectivity index (χ1n) is 4.00. The summed E-state index contributed by atoms with van der Waals surface area (Å²) in [5.74, 6) is 0. The van der Waals surface area contributed by atoms with Crippen LogP contribution in [-0.2, 0) is 0 Å². The van der Waals surface area contributed by atoms with Crippen molar-refractivity contribution in [2.45, 2.75) is 25.9 Å². The fourth-order valence-electron chi connectivity index (χ4n) is 1.07. The highest BCUT2D eigenvalue weighted by Crippen LogP contribution is 2.15. The van der Waals surface area contributed by atoms with Gasteiger partial charge in [-0.25, -0.2) is 0 Å². The molecule has 64 valence electrons. The van der Waals surface area contributed by atoms with Gasteiger partial charge in [-0.1, -0.05) is 18.5 Å². The summed E-state index contributed by atoms with van der Waals surface area (Å²) >= 11 is 6.05. The Morgan fingerprint density at radius 3 is 2.73 bits per heavy atom. The lowest BCUT2D eigenvalue weighted by Crippen LogP contribution is -2.35. The molecule has 0 saturated carbocycles. The van der Waals surface area contributed by atoms with Gasteiger partial charge in [0.2, 0.25) is 0 Å². The second-order valence-corrected chi connectivity index (χ2v) is 2.93. The molecule has 1 heterocycles. The maximum Gasteiger partial charge on any atom is 0.195 e. The van der Waals surface area contributed by atoms with Crippen LogP contribution in [0.2, 0.25) is 0 Å². The average molecular weight is 176 g/mol. The molecule has 0 spiro atoms. The molecule has 3 nitrogen and oxygen atoms in total. The molecule has 0 bridgehead atoms. The van der Waals surface area contributed by atoms with E-state index in [1.165, 1.54) is 0 Å². The summed E-state index contributed by atoms with van der Waals surface area (Å²) in [6.07, 6.45) is 2.91. The van der Waals surface area contributed by atoms with Crippen molar-refractivity contribution >= 4 is 17.9 Å². The quantitative estimate of drug-likeness (QED) is 0.478. The number of halogens is 1. The van der Waals surface area contributed by atoms with E-state index in [-0.39, 0.29) is 5.62 Å². The Hall–Kier alpha value is -0.440. The molecule has 0 aliphatic carbocycles. The lowest BCUT2D eigenvalue weighted by molar-refractivity contribution is 0.208. The number of nitrogens with zero attached hydrogens (tertiary/aromatic N) is 3. The van der Waals surface area contributed by atoms with Crippen LogP contribution in [0.25, 0.3) is 0 Å². The predicted octanol–water partition coefficient (Wildman–Crippen LogP) is 1.50. The van der Waals surface area contributed by atoms with Gasteiger partial charge in [0.05, 0.1) is 0 Å². The Morgan fingerprint density at radius 1 is 1.55 bits per heavy atom. The molecular weight excluding hydrogens is 162 g/mol. The van der Waals surface area contributed by atoms with E-state index in [1.54, 1.807) is 0 Å². The Kier molecular flexibility index (Phi) is 3.00. The van der Waals surface area contributed by atoms with Crippen molar-refractivity contribution in [1.82, 2.24) is 9.91 Å². The van der Waals surface area contributed by atoms with E-state index in [0.29, 0.717) is 0 Å². The normalized spacial score (nSPS) is 23.4. The van der Waals surface area contributed by atoms with Crippen molar-refractivity contribution in [1.29, 1.82) is 0 Å². The largest absolute Gasteiger partial charge is 0.327 e. The van der Waals surface area contributed by atoms with Crippen molar-refractivity contribution in [2.75, 3.05) is 13.1 Å². The van der Waals surface area contributed by atoms with E-state index in [0.717, 1.165) is 19.5 Å². The van der Waals surface area contributed by atoms with Crippen LogP contribution in [0, 0.1) is 0 Å². The molecule has 0 aromatic rings. The molecular formula is C7H14ClN3. The Balaban J connectivity index is 2.42. The molecule has 1 rings (SSSR count). The third kappa shape index (κ3) is 1.77. The first kappa shape index (κ1) is 8.65. The molecule has 0 aromatic heterocycles. The fraction of sp³-hybridized carbons (Fsp3) is 0.857. The van der Waals surface area contributed by atoms with E-state index in [4.69, 9.17) is 11.6 Å². The van der Waals surface area contributed by atoms with Crippen molar-refractivity contribution in [3.63, 3.8) is 0 Å². The molecule has 0 fully saturated rings. The van der Waals surface area contributed by atoms with Gasteiger partial charge in [0.1, 0.15) is 6.34 Å². The van der Waals surface area contributed by atoms with E-state index in [2.05, 4.69) is 12.0 Å². The van der Waals surface area contributed by atoms with E-state index in [1.807, 2.05) is 23.2 Å². The van der Waals surface area contributed by atoms with E-state index < -0.39 is 0 Å². The zero-order valence-corrected chi connectivity index (χ0v) is 7.75.